The van der Waals surface area contributed by atoms with E-state index in [1.54, 1.807) is 18.2 Å². The van der Waals surface area contributed by atoms with E-state index in [4.69, 9.17) is 4.74 Å². The molecule has 2 N–H and O–H groups in total. The van der Waals surface area contributed by atoms with Crippen molar-refractivity contribution in [2.45, 2.75) is 28.7 Å². The van der Waals surface area contributed by atoms with Crippen LogP contribution in [0.1, 0.15) is 12.8 Å². The normalized spacial score (nSPS) is 17.7. The highest BCUT2D eigenvalue weighted by Crippen LogP contribution is 2.35. The van der Waals surface area contributed by atoms with Crippen LogP contribution in [0.4, 0.5) is 4.39 Å². The third kappa shape index (κ3) is 2.97. The molecule has 1 saturated heterocycles. The number of aromatic nitrogens is 1. The summed E-state index contributed by atoms with van der Waals surface area (Å²) >= 11 is 0. The first-order valence-electron chi connectivity index (χ1n) is 8.53. The zero-order chi connectivity index (χ0) is 18.1. The van der Waals surface area contributed by atoms with Crippen LogP contribution in [-0.2, 0) is 9.84 Å². The van der Waals surface area contributed by atoms with Crippen LogP contribution >= 0.6 is 0 Å². The van der Waals surface area contributed by atoms with Gasteiger partial charge >= 0.3 is 0 Å². The maximum Gasteiger partial charge on any atom is 0.211 e. The molecule has 5 nitrogen and oxygen atoms in total. The van der Waals surface area contributed by atoms with Gasteiger partial charge in [0.15, 0.2) is 0 Å². The van der Waals surface area contributed by atoms with Crippen molar-refractivity contribution < 1.29 is 17.5 Å². The fourth-order valence-electron chi connectivity index (χ4n) is 3.32. The van der Waals surface area contributed by atoms with Gasteiger partial charge in [-0.15, -0.1) is 0 Å². The Morgan fingerprint density at radius 1 is 1.12 bits per heavy atom. The van der Waals surface area contributed by atoms with Crippen LogP contribution < -0.4 is 10.1 Å². The molecular formula is C19H19FN2O3S. The fraction of sp³-hybridized carbons (Fsp3) is 0.263. The second kappa shape index (κ2) is 6.74. The number of rotatable bonds is 5. The standard InChI is InChI=1S/C19H19FN2O3S/c20-14-6-1-2-9-17(14)26(23,24)18-11-22-15-7-3-8-16(19(15)18)25-12-13-5-4-10-21-13/h1-3,6-9,11,13,21-22H,4-5,10,12H2/t13-/m0/s1. The summed E-state index contributed by atoms with van der Waals surface area (Å²) in [4.78, 5) is 2.64. The summed E-state index contributed by atoms with van der Waals surface area (Å²) in [6.07, 6.45) is 3.53. The zero-order valence-electron chi connectivity index (χ0n) is 14.0. The molecule has 0 unspecified atom stereocenters. The molecule has 1 atom stereocenters. The summed E-state index contributed by atoms with van der Waals surface area (Å²) in [5.41, 5.74) is 0.636. The van der Waals surface area contributed by atoms with Crippen LogP contribution in [0.2, 0.25) is 0 Å². The number of benzene rings is 2. The van der Waals surface area contributed by atoms with Gasteiger partial charge in [-0.1, -0.05) is 18.2 Å². The number of hydrogen-bond acceptors (Lipinski definition) is 4. The highest BCUT2D eigenvalue weighted by Gasteiger charge is 2.27. The van der Waals surface area contributed by atoms with Gasteiger partial charge in [0.1, 0.15) is 28.0 Å². The molecule has 0 bridgehead atoms. The molecule has 1 aliphatic rings. The third-order valence-electron chi connectivity index (χ3n) is 4.65. The molecule has 1 fully saturated rings. The van der Waals surface area contributed by atoms with Gasteiger partial charge in [-0.25, -0.2) is 12.8 Å². The SMILES string of the molecule is O=S(=O)(c1ccccc1F)c1c[nH]c2cccc(OC[C@@H]3CCCN3)c12. The van der Waals surface area contributed by atoms with E-state index in [1.165, 1.54) is 24.4 Å². The van der Waals surface area contributed by atoms with Gasteiger partial charge in [0, 0.05) is 12.2 Å². The number of halogens is 1. The molecule has 1 aromatic heterocycles. The highest BCUT2D eigenvalue weighted by molar-refractivity contribution is 7.91. The van der Waals surface area contributed by atoms with Gasteiger partial charge in [0.05, 0.1) is 10.9 Å². The number of aromatic amines is 1. The van der Waals surface area contributed by atoms with Crippen molar-refractivity contribution in [2.75, 3.05) is 13.2 Å². The number of nitrogens with one attached hydrogen (secondary N) is 2. The molecule has 0 amide bonds. The van der Waals surface area contributed by atoms with Gasteiger partial charge in [0.25, 0.3) is 0 Å². The molecule has 0 spiro atoms. The maximum atomic E-state index is 14.1. The molecule has 2 heterocycles. The Morgan fingerprint density at radius 3 is 2.73 bits per heavy atom. The lowest BCUT2D eigenvalue weighted by atomic mass is 10.2. The third-order valence-corrected chi connectivity index (χ3v) is 6.46. The Hall–Kier alpha value is -2.38. The summed E-state index contributed by atoms with van der Waals surface area (Å²) < 4.78 is 46.1. The van der Waals surface area contributed by atoms with Gasteiger partial charge in [-0.3, -0.25) is 0 Å². The lowest BCUT2D eigenvalue weighted by Gasteiger charge is -2.14. The first-order valence-corrected chi connectivity index (χ1v) is 10.0. The second-order valence-electron chi connectivity index (χ2n) is 6.37. The Balaban J connectivity index is 1.77. The average molecular weight is 374 g/mol. The largest absolute Gasteiger partial charge is 0.491 e. The molecular weight excluding hydrogens is 355 g/mol. The average Bonchev–Trinajstić information content (AvgIpc) is 3.30. The molecule has 136 valence electrons. The molecule has 3 aromatic rings. The molecule has 4 rings (SSSR count). The second-order valence-corrected chi connectivity index (χ2v) is 8.26. The Labute approximate surface area is 151 Å². The minimum absolute atomic E-state index is 0.0209. The van der Waals surface area contributed by atoms with Crippen molar-refractivity contribution in [1.82, 2.24) is 10.3 Å². The van der Waals surface area contributed by atoms with Crippen LogP contribution in [-0.4, -0.2) is 32.6 Å². The smallest absolute Gasteiger partial charge is 0.211 e. The first-order chi connectivity index (χ1) is 12.6. The minimum atomic E-state index is -4.01. The van der Waals surface area contributed by atoms with Crippen LogP contribution in [0, 0.1) is 5.82 Å². The summed E-state index contributed by atoms with van der Waals surface area (Å²) in [5, 5.41) is 3.80. The number of ether oxygens (including phenoxy) is 1. The lowest BCUT2D eigenvalue weighted by molar-refractivity contribution is 0.280. The van der Waals surface area contributed by atoms with E-state index in [2.05, 4.69) is 10.3 Å². The fourth-order valence-corrected chi connectivity index (χ4v) is 4.84. The predicted octanol–water partition coefficient (Wildman–Crippen LogP) is 3.27. The van der Waals surface area contributed by atoms with E-state index in [0.717, 1.165) is 25.5 Å². The van der Waals surface area contributed by atoms with Gasteiger partial charge < -0.3 is 15.0 Å². The van der Waals surface area contributed by atoms with Crippen molar-refractivity contribution in [3.8, 4) is 5.75 Å². The van der Waals surface area contributed by atoms with Crippen molar-refractivity contribution >= 4 is 20.7 Å². The Bertz CT molecular complexity index is 1040. The molecule has 7 heteroatoms. The number of fused-ring (bicyclic) bond motifs is 1. The Kier molecular flexibility index (Phi) is 4.42. The summed E-state index contributed by atoms with van der Waals surface area (Å²) in [5.74, 6) is -0.289. The predicted molar refractivity (Wildman–Crippen MR) is 96.7 cm³/mol. The number of hydrogen-bond donors (Lipinski definition) is 2. The van der Waals surface area contributed by atoms with E-state index in [-0.39, 0.29) is 15.8 Å². The van der Waals surface area contributed by atoms with Crippen LogP contribution in [0.5, 0.6) is 5.75 Å². The topological polar surface area (TPSA) is 71.2 Å². The first kappa shape index (κ1) is 17.1. The van der Waals surface area contributed by atoms with Crippen molar-refractivity contribution in [3.05, 3.63) is 54.5 Å². The number of H-pyrrole nitrogens is 1. The molecule has 0 radical (unpaired) electrons. The summed E-state index contributed by atoms with van der Waals surface area (Å²) in [6.45, 7) is 1.43. The zero-order valence-corrected chi connectivity index (χ0v) is 14.9. The van der Waals surface area contributed by atoms with Crippen molar-refractivity contribution in [3.63, 3.8) is 0 Å². The van der Waals surface area contributed by atoms with Gasteiger partial charge in [0.2, 0.25) is 9.84 Å². The highest BCUT2D eigenvalue weighted by atomic mass is 32.2. The van der Waals surface area contributed by atoms with Gasteiger partial charge in [-0.2, -0.15) is 0 Å². The van der Waals surface area contributed by atoms with Crippen LogP contribution in [0.3, 0.4) is 0 Å². The van der Waals surface area contributed by atoms with E-state index < -0.39 is 15.7 Å². The van der Waals surface area contributed by atoms with Crippen molar-refractivity contribution in [1.29, 1.82) is 0 Å². The monoisotopic (exact) mass is 374 g/mol. The van der Waals surface area contributed by atoms with E-state index >= 15 is 0 Å². The summed E-state index contributed by atoms with van der Waals surface area (Å²) in [7, 11) is -4.01. The molecule has 1 aliphatic heterocycles. The molecule has 26 heavy (non-hydrogen) atoms. The Morgan fingerprint density at radius 2 is 1.96 bits per heavy atom. The number of sulfone groups is 1. The van der Waals surface area contributed by atoms with Crippen molar-refractivity contribution in [2.24, 2.45) is 0 Å². The molecule has 0 aliphatic carbocycles. The van der Waals surface area contributed by atoms with Crippen LogP contribution in [0.25, 0.3) is 10.9 Å². The minimum Gasteiger partial charge on any atom is -0.491 e. The van der Waals surface area contributed by atoms with E-state index in [9.17, 15) is 12.8 Å². The lowest BCUT2D eigenvalue weighted by Crippen LogP contribution is -2.28. The summed E-state index contributed by atoms with van der Waals surface area (Å²) in [6, 6.07) is 11.0. The van der Waals surface area contributed by atoms with E-state index in [0.29, 0.717) is 23.3 Å². The van der Waals surface area contributed by atoms with Gasteiger partial charge in [-0.05, 0) is 43.7 Å². The molecule has 2 aromatic carbocycles. The van der Waals surface area contributed by atoms with Crippen LogP contribution in [0.15, 0.2) is 58.5 Å². The maximum absolute atomic E-state index is 14.1. The molecule has 0 saturated carbocycles. The quantitative estimate of drug-likeness (QED) is 0.719. The van der Waals surface area contributed by atoms with E-state index in [1.807, 2.05) is 0 Å².